The van der Waals surface area contributed by atoms with Crippen LogP contribution in [0, 0.1) is 6.92 Å². The summed E-state index contributed by atoms with van der Waals surface area (Å²) in [7, 11) is 1.61. The zero-order valence-corrected chi connectivity index (χ0v) is 18.5. The maximum atomic E-state index is 13.1. The molecule has 0 radical (unpaired) electrons. The quantitative estimate of drug-likeness (QED) is 0.574. The summed E-state index contributed by atoms with van der Waals surface area (Å²) in [6.07, 6.45) is 0. The lowest BCUT2D eigenvalue weighted by Gasteiger charge is -2.20. The minimum absolute atomic E-state index is 0.0980. The molecule has 0 aliphatic carbocycles. The molecule has 29 heavy (non-hydrogen) atoms. The average Bonchev–Trinajstić information content (AvgIpc) is 2.67. The van der Waals surface area contributed by atoms with Crippen LogP contribution in [0.4, 0.5) is 0 Å². The van der Waals surface area contributed by atoms with Gasteiger partial charge in [-0.25, -0.2) is 0 Å². The molecular weight excluding hydrogens is 384 g/mol. The number of para-hydroxylation sites is 1. The lowest BCUT2D eigenvalue weighted by molar-refractivity contribution is 0.0941. The summed E-state index contributed by atoms with van der Waals surface area (Å²) >= 11 is 6.43. The highest BCUT2D eigenvalue weighted by Gasteiger charge is 2.20. The van der Waals surface area contributed by atoms with Gasteiger partial charge in [-0.05, 0) is 49.2 Å². The van der Waals surface area contributed by atoms with Crippen LogP contribution >= 0.6 is 11.6 Å². The van der Waals surface area contributed by atoms with Crippen molar-refractivity contribution >= 4 is 28.4 Å². The summed E-state index contributed by atoms with van der Waals surface area (Å²) < 4.78 is 5.32. The van der Waals surface area contributed by atoms with Gasteiger partial charge in [0.05, 0.1) is 24.2 Å². The number of fused-ring (bicyclic) bond motifs is 1. The fourth-order valence-corrected chi connectivity index (χ4v) is 3.65. The average molecular weight is 411 g/mol. The molecule has 0 saturated heterocycles. The largest absolute Gasteiger partial charge is 0.496 e. The number of aromatic nitrogens is 1. The van der Waals surface area contributed by atoms with Crippen molar-refractivity contribution in [2.45, 2.75) is 46.1 Å². The molecule has 1 aromatic heterocycles. The molecule has 1 heterocycles. The summed E-state index contributed by atoms with van der Waals surface area (Å²) in [6.45, 7) is 10.2. The van der Waals surface area contributed by atoms with E-state index < -0.39 is 0 Å². The van der Waals surface area contributed by atoms with E-state index in [1.807, 2.05) is 50.2 Å². The van der Waals surface area contributed by atoms with E-state index in [-0.39, 0.29) is 17.4 Å². The van der Waals surface area contributed by atoms with Crippen molar-refractivity contribution in [1.82, 2.24) is 10.3 Å². The van der Waals surface area contributed by atoms with E-state index in [9.17, 15) is 4.79 Å². The zero-order chi connectivity index (χ0) is 21.3. The minimum Gasteiger partial charge on any atom is -0.496 e. The predicted molar refractivity (Wildman–Crippen MR) is 119 cm³/mol. The Morgan fingerprint density at radius 3 is 2.55 bits per heavy atom. The van der Waals surface area contributed by atoms with Crippen molar-refractivity contribution in [2.75, 3.05) is 7.11 Å². The summed E-state index contributed by atoms with van der Waals surface area (Å²) in [6, 6.07) is 13.2. The molecule has 1 unspecified atom stereocenters. The van der Waals surface area contributed by atoms with Crippen LogP contribution in [0.3, 0.4) is 0 Å². The standard InChI is InChI=1S/C24H27ClN2O2/c1-14-12-18(19(25)13-20(14)29-6)15(2)26-23(28)17-9-7-8-16-10-11-21(24(3,4)5)27-22(16)17/h7-13,15H,1-6H3,(H,26,28). The lowest BCUT2D eigenvalue weighted by Crippen LogP contribution is -2.27. The molecule has 5 heteroatoms. The third-order valence-corrected chi connectivity index (χ3v) is 5.39. The monoisotopic (exact) mass is 410 g/mol. The Balaban J connectivity index is 1.95. The fourth-order valence-electron chi connectivity index (χ4n) is 3.34. The van der Waals surface area contributed by atoms with Crippen molar-refractivity contribution in [3.8, 4) is 5.75 Å². The van der Waals surface area contributed by atoms with E-state index in [1.54, 1.807) is 13.2 Å². The Bertz CT molecular complexity index is 1070. The number of carbonyl (C=O) groups excluding carboxylic acids is 1. The second-order valence-electron chi connectivity index (χ2n) is 8.36. The van der Waals surface area contributed by atoms with Gasteiger partial charge in [-0.15, -0.1) is 0 Å². The van der Waals surface area contributed by atoms with Crippen LogP contribution in [-0.2, 0) is 5.41 Å². The zero-order valence-electron chi connectivity index (χ0n) is 17.8. The summed E-state index contributed by atoms with van der Waals surface area (Å²) in [5, 5.41) is 4.57. The Kier molecular flexibility index (Phi) is 5.85. The van der Waals surface area contributed by atoms with E-state index >= 15 is 0 Å². The SMILES string of the molecule is COc1cc(Cl)c(C(C)NC(=O)c2cccc3ccc(C(C)(C)C)nc23)cc1C. The highest BCUT2D eigenvalue weighted by Crippen LogP contribution is 2.31. The number of hydrogen-bond donors (Lipinski definition) is 1. The molecule has 1 atom stereocenters. The highest BCUT2D eigenvalue weighted by molar-refractivity contribution is 6.31. The topological polar surface area (TPSA) is 51.2 Å². The summed E-state index contributed by atoms with van der Waals surface area (Å²) in [4.78, 5) is 17.9. The van der Waals surface area contributed by atoms with Crippen molar-refractivity contribution in [3.63, 3.8) is 0 Å². The molecule has 2 aromatic carbocycles. The second-order valence-corrected chi connectivity index (χ2v) is 8.77. The van der Waals surface area contributed by atoms with Gasteiger partial charge in [-0.1, -0.05) is 50.6 Å². The normalized spacial score (nSPS) is 12.7. The number of carbonyl (C=O) groups is 1. The molecule has 0 aliphatic heterocycles. The predicted octanol–water partition coefficient (Wildman–Crippen LogP) is 5.99. The van der Waals surface area contributed by atoms with Gasteiger partial charge in [-0.2, -0.15) is 0 Å². The molecule has 0 saturated carbocycles. The van der Waals surface area contributed by atoms with E-state index in [1.165, 1.54) is 0 Å². The van der Waals surface area contributed by atoms with Gasteiger partial charge in [0, 0.05) is 21.5 Å². The Morgan fingerprint density at radius 1 is 1.17 bits per heavy atom. The number of aryl methyl sites for hydroxylation is 1. The molecule has 0 fully saturated rings. The fraction of sp³-hybridized carbons (Fsp3) is 0.333. The number of amides is 1. The smallest absolute Gasteiger partial charge is 0.253 e. The number of hydrogen-bond acceptors (Lipinski definition) is 3. The first kappa shape index (κ1) is 21.1. The van der Waals surface area contributed by atoms with Gasteiger partial charge in [0.2, 0.25) is 0 Å². The van der Waals surface area contributed by atoms with Crippen molar-refractivity contribution in [1.29, 1.82) is 0 Å². The van der Waals surface area contributed by atoms with Crippen LogP contribution in [0.5, 0.6) is 5.75 Å². The third kappa shape index (κ3) is 4.38. The van der Waals surface area contributed by atoms with Crippen LogP contribution in [0.15, 0.2) is 42.5 Å². The van der Waals surface area contributed by atoms with Crippen molar-refractivity contribution in [2.24, 2.45) is 0 Å². The molecular formula is C24H27ClN2O2. The molecule has 3 aromatic rings. The molecule has 3 rings (SSSR count). The minimum atomic E-state index is -0.263. The van der Waals surface area contributed by atoms with Crippen LogP contribution in [0.25, 0.3) is 10.9 Å². The number of rotatable bonds is 4. The summed E-state index contributed by atoms with van der Waals surface area (Å²) in [5.41, 5.74) is 3.94. The third-order valence-electron chi connectivity index (χ3n) is 5.06. The van der Waals surface area contributed by atoms with Gasteiger partial charge in [-0.3, -0.25) is 9.78 Å². The van der Waals surface area contributed by atoms with Crippen LogP contribution in [0.1, 0.15) is 60.9 Å². The number of nitrogens with zero attached hydrogens (tertiary/aromatic N) is 1. The van der Waals surface area contributed by atoms with Crippen LogP contribution in [-0.4, -0.2) is 18.0 Å². The molecule has 1 amide bonds. The van der Waals surface area contributed by atoms with E-state index in [2.05, 4.69) is 26.1 Å². The molecule has 4 nitrogen and oxygen atoms in total. The van der Waals surface area contributed by atoms with Crippen LogP contribution < -0.4 is 10.1 Å². The maximum absolute atomic E-state index is 13.1. The molecule has 1 N–H and O–H groups in total. The van der Waals surface area contributed by atoms with Gasteiger partial charge in [0.15, 0.2) is 0 Å². The summed E-state index contributed by atoms with van der Waals surface area (Å²) in [5.74, 6) is 0.552. The van der Waals surface area contributed by atoms with E-state index in [4.69, 9.17) is 21.3 Å². The van der Waals surface area contributed by atoms with Crippen molar-refractivity contribution in [3.05, 3.63) is 69.9 Å². The number of methoxy groups -OCH3 is 1. The first-order valence-corrected chi connectivity index (χ1v) is 10.0. The highest BCUT2D eigenvalue weighted by atomic mass is 35.5. The Labute approximate surface area is 177 Å². The molecule has 0 bridgehead atoms. The van der Waals surface area contributed by atoms with Gasteiger partial charge < -0.3 is 10.1 Å². The van der Waals surface area contributed by atoms with Gasteiger partial charge in [0.25, 0.3) is 5.91 Å². The first-order valence-electron chi connectivity index (χ1n) is 9.67. The van der Waals surface area contributed by atoms with Gasteiger partial charge >= 0.3 is 0 Å². The van der Waals surface area contributed by atoms with E-state index in [0.717, 1.165) is 28.0 Å². The lowest BCUT2D eigenvalue weighted by atomic mass is 9.91. The maximum Gasteiger partial charge on any atom is 0.253 e. The second kappa shape index (κ2) is 8.03. The number of pyridine rings is 1. The Morgan fingerprint density at radius 2 is 1.90 bits per heavy atom. The first-order chi connectivity index (χ1) is 13.6. The molecule has 152 valence electrons. The number of benzene rings is 2. The number of ether oxygens (including phenoxy) is 1. The van der Waals surface area contributed by atoms with Crippen molar-refractivity contribution < 1.29 is 9.53 Å². The molecule has 0 spiro atoms. The van der Waals surface area contributed by atoms with E-state index in [0.29, 0.717) is 16.1 Å². The van der Waals surface area contributed by atoms with Gasteiger partial charge in [0.1, 0.15) is 5.75 Å². The Hall–Kier alpha value is -2.59. The number of nitrogens with one attached hydrogen (secondary N) is 1. The van der Waals surface area contributed by atoms with Crippen LogP contribution in [0.2, 0.25) is 5.02 Å². The molecule has 0 aliphatic rings. The number of halogens is 1.